The van der Waals surface area contributed by atoms with Gasteiger partial charge < -0.3 is 14.4 Å². The molecule has 1 heterocycles. The summed E-state index contributed by atoms with van der Waals surface area (Å²) in [6.07, 6.45) is 2.60. The van der Waals surface area contributed by atoms with Crippen LogP contribution in [-0.2, 0) is 15.5 Å². The summed E-state index contributed by atoms with van der Waals surface area (Å²) in [5, 5.41) is 0.122. The van der Waals surface area contributed by atoms with Crippen LogP contribution >= 0.6 is 0 Å². The molecule has 1 fully saturated rings. The Bertz CT molecular complexity index is 525. The van der Waals surface area contributed by atoms with Crippen LogP contribution in [0.3, 0.4) is 0 Å². The summed E-state index contributed by atoms with van der Waals surface area (Å²) in [5.41, 5.74) is 0. The van der Waals surface area contributed by atoms with E-state index in [0.29, 0.717) is 6.10 Å². The Balaban J connectivity index is 1.79. The highest BCUT2D eigenvalue weighted by Gasteiger charge is 2.20. The van der Waals surface area contributed by atoms with Gasteiger partial charge in [0.1, 0.15) is 11.9 Å². The van der Waals surface area contributed by atoms with Crippen molar-refractivity contribution >= 4 is 10.8 Å². The lowest BCUT2D eigenvalue weighted by Gasteiger charge is -2.32. The molecule has 5 heteroatoms. The van der Waals surface area contributed by atoms with Crippen molar-refractivity contribution in [3.8, 4) is 5.75 Å². The highest BCUT2D eigenvalue weighted by Crippen LogP contribution is 2.22. The van der Waals surface area contributed by atoms with Gasteiger partial charge in [0.25, 0.3) is 0 Å². The molecule has 0 aromatic heterocycles. The zero-order valence-corrected chi connectivity index (χ0v) is 16.2. The molecular formula is C19H31NO3S. The molecule has 1 saturated heterocycles. The molecule has 1 atom stereocenters. The average molecular weight is 354 g/mol. The van der Waals surface area contributed by atoms with E-state index in [0.717, 1.165) is 49.7 Å². The molecule has 1 aliphatic rings. The number of likely N-dealkylation sites (tertiary alicyclic amines) is 1. The number of hydrogen-bond donors (Lipinski definition) is 0. The van der Waals surface area contributed by atoms with Crippen LogP contribution in [0.5, 0.6) is 5.75 Å². The van der Waals surface area contributed by atoms with Gasteiger partial charge in [-0.3, -0.25) is 4.21 Å². The van der Waals surface area contributed by atoms with Gasteiger partial charge in [0.05, 0.1) is 23.5 Å². The van der Waals surface area contributed by atoms with Gasteiger partial charge in [0, 0.05) is 29.8 Å². The van der Waals surface area contributed by atoms with Crippen LogP contribution < -0.4 is 4.74 Å². The third-order valence-corrected chi connectivity index (χ3v) is 5.74. The van der Waals surface area contributed by atoms with Gasteiger partial charge in [-0.15, -0.1) is 0 Å². The van der Waals surface area contributed by atoms with Crippen molar-refractivity contribution in [1.29, 1.82) is 0 Å². The summed E-state index contributed by atoms with van der Waals surface area (Å²) < 4.78 is 24.0. The Morgan fingerprint density at radius 1 is 1.21 bits per heavy atom. The second-order valence-corrected chi connectivity index (χ2v) is 8.91. The summed E-state index contributed by atoms with van der Waals surface area (Å²) in [4.78, 5) is 3.29. The van der Waals surface area contributed by atoms with E-state index in [4.69, 9.17) is 9.47 Å². The highest BCUT2D eigenvalue weighted by atomic mass is 32.2. The second-order valence-electron chi connectivity index (χ2n) is 6.90. The lowest BCUT2D eigenvalue weighted by molar-refractivity contribution is 0.0404. The predicted molar refractivity (Wildman–Crippen MR) is 99.2 cm³/mol. The number of rotatable bonds is 8. The number of piperidine rings is 1. The van der Waals surface area contributed by atoms with E-state index in [1.54, 1.807) is 0 Å². The van der Waals surface area contributed by atoms with Crippen molar-refractivity contribution in [3.05, 3.63) is 24.3 Å². The Labute approximate surface area is 149 Å². The van der Waals surface area contributed by atoms with E-state index in [2.05, 4.69) is 18.7 Å². The Morgan fingerprint density at radius 2 is 1.92 bits per heavy atom. The van der Waals surface area contributed by atoms with Crippen molar-refractivity contribution in [3.63, 3.8) is 0 Å². The number of nitrogens with zero attached hydrogens (tertiary/aromatic N) is 1. The van der Waals surface area contributed by atoms with Gasteiger partial charge >= 0.3 is 0 Å². The van der Waals surface area contributed by atoms with Gasteiger partial charge in [-0.1, -0.05) is 19.9 Å². The predicted octanol–water partition coefficient (Wildman–Crippen LogP) is 3.47. The maximum atomic E-state index is 12.2. The minimum Gasteiger partial charge on any atom is -0.490 e. The zero-order chi connectivity index (χ0) is 17.5. The fourth-order valence-corrected chi connectivity index (χ4v) is 3.79. The Morgan fingerprint density at radius 3 is 2.54 bits per heavy atom. The van der Waals surface area contributed by atoms with E-state index in [-0.39, 0.29) is 11.4 Å². The first-order valence-electron chi connectivity index (χ1n) is 8.97. The van der Waals surface area contributed by atoms with Gasteiger partial charge in [0.15, 0.2) is 0 Å². The number of benzene rings is 1. The summed E-state index contributed by atoms with van der Waals surface area (Å²) in [6, 6.07) is 7.74. The van der Waals surface area contributed by atoms with Gasteiger partial charge in [-0.25, -0.2) is 0 Å². The van der Waals surface area contributed by atoms with Crippen LogP contribution in [0.2, 0.25) is 0 Å². The molecule has 1 aliphatic heterocycles. The molecule has 0 aliphatic carbocycles. The molecule has 0 bridgehead atoms. The highest BCUT2D eigenvalue weighted by molar-refractivity contribution is 7.85. The largest absolute Gasteiger partial charge is 0.490 e. The number of hydrogen-bond acceptors (Lipinski definition) is 4. The first-order valence-corrected chi connectivity index (χ1v) is 10.2. The summed E-state index contributed by atoms with van der Waals surface area (Å²) in [7, 11) is -0.968. The molecular weight excluding hydrogens is 322 g/mol. The fraction of sp³-hybridized carbons (Fsp3) is 0.684. The van der Waals surface area contributed by atoms with E-state index >= 15 is 0 Å². The maximum absolute atomic E-state index is 12.2. The summed E-state index contributed by atoms with van der Waals surface area (Å²) in [5.74, 6) is 0.836. The molecule has 1 aromatic carbocycles. The second kappa shape index (κ2) is 9.54. The molecule has 0 radical (unpaired) electrons. The first kappa shape index (κ1) is 19.4. The Kier molecular flexibility index (Phi) is 7.72. The molecule has 136 valence electrons. The van der Waals surface area contributed by atoms with Gasteiger partial charge in [-0.2, -0.15) is 0 Å². The molecule has 1 aromatic rings. The fourth-order valence-electron chi connectivity index (χ4n) is 2.81. The molecule has 0 amide bonds. The maximum Gasteiger partial charge on any atom is 0.120 e. The lowest BCUT2D eigenvalue weighted by Crippen LogP contribution is -2.40. The van der Waals surface area contributed by atoms with Crippen LogP contribution in [0.25, 0.3) is 0 Å². The van der Waals surface area contributed by atoms with Crippen LogP contribution in [0.1, 0.15) is 40.5 Å². The molecule has 1 unspecified atom stereocenters. The molecule has 0 spiro atoms. The van der Waals surface area contributed by atoms with Crippen LogP contribution in [0, 0.1) is 0 Å². The van der Waals surface area contributed by atoms with Crippen molar-refractivity contribution in [1.82, 2.24) is 4.90 Å². The third-order valence-electron chi connectivity index (χ3n) is 4.16. The lowest BCUT2D eigenvalue weighted by atomic mass is 10.1. The van der Waals surface area contributed by atoms with E-state index in [1.165, 1.54) is 0 Å². The normalized spacial score (nSPS) is 18.2. The van der Waals surface area contributed by atoms with Gasteiger partial charge in [-0.05, 0) is 44.9 Å². The van der Waals surface area contributed by atoms with E-state index < -0.39 is 10.8 Å². The Hall–Kier alpha value is -0.910. The third kappa shape index (κ3) is 6.19. The monoisotopic (exact) mass is 353 g/mol. The van der Waals surface area contributed by atoms with E-state index in [9.17, 15) is 4.21 Å². The van der Waals surface area contributed by atoms with Gasteiger partial charge in [0.2, 0.25) is 0 Å². The molecule has 24 heavy (non-hydrogen) atoms. The molecule has 2 rings (SSSR count). The topological polar surface area (TPSA) is 38.8 Å². The minimum absolute atomic E-state index is 0.122. The van der Waals surface area contributed by atoms with Crippen molar-refractivity contribution in [2.45, 2.75) is 62.9 Å². The molecule has 4 nitrogen and oxygen atoms in total. The van der Waals surface area contributed by atoms with Crippen LogP contribution in [0.4, 0.5) is 0 Å². The molecule has 0 saturated carbocycles. The first-order chi connectivity index (χ1) is 11.5. The van der Waals surface area contributed by atoms with Crippen LogP contribution in [-0.4, -0.2) is 52.8 Å². The van der Waals surface area contributed by atoms with Crippen molar-refractivity contribution in [2.24, 2.45) is 0 Å². The van der Waals surface area contributed by atoms with Crippen molar-refractivity contribution in [2.75, 3.05) is 26.2 Å². The zero-order valence-electron chi connectivity index (χ0n) is 15.4. The summed E-state index contributed by atoms with van der Waals surface area (Å²) in [6.45, 7) is 12.0. The van der Waals surface area contributed by atoms with E-state index in [1.807, 2.05) is 38.1 Å². The average Bonchev–Trinajstić information content (AvgIpc) is 2.55. The van der Waals surface area contributed by atoms with Crippen molar-refractivity contribution < 1.29 is 13.7 Å². The minimum atomic E-state index is -0.968. The SMILES string of the molecule is CC(C)OCCN1CCC(Oc2cccc(S(=O)C(C)C)c2)CC1. The van der Waals surface area contributed by atoms with Crippen LogP contribution in [0.15, 0.2) is 29.2 Å². The molecule has 0 N–H and O–H groups in total. The summed E-state index contributed by atoms with van der Waals surface area (Å²) >= 11 is 0. The smallest absolute Gasteiger partial charge is 0.120 e. The standard InChI is InChI=1S/C19H31NO3S/c1-15(2)22-13-12-20-10-8-17(9-11-20)23-18-6-5-7-19(14-18)24(21)16(3)4/h5-7,14-17H,8-13H2,1-4H3. The number of ether oxygens (including phenoxy) is 2. The quantitative estimate of drug-likeness (QED) is 0.717.